The number of nitrogens with one attached hydrogen (secondary N) is 2. The van der Waals surface area contributed by atoms with Crippen molar-refractivity contribution < 1.29 is 14.0 Å². The second kappa shape index (κ2) is 9.25. The first kappa shape index (κ1) is 21.0. The van der Waals surface area contributed by atoms with Crippen molar-refractivity contribution in [1.82, 2.24) is 9.88 Å². The molecule has 162 valence electrons. The minimum Gasteiger partial charge on any atom is -0.467 e. The highest BCUT2D eigenvalue weighted by molar-refractivity contribution is 5.95. The van der Waals surface area contributed by atoms with Gasteiger partial charge in [-0.15, -0.1) is 0 Å². The molecule has 0 spiro atoms. The van der Waals surface area contributed by atoms with Crippen LogP contribution in [-0.2, 0) is 17.9 Å². The number of carbonyl (C=O) groups excluding carboxylic acids is 2. The summed E-state index contributed by atoms with van der Waals surface area (Å²) in [7, 11) is 0. The molecule has 31 heavy (non-hydrogen) atoms. The van der Waals surface area contributed by atoms with Gasteiger partial charge in [0.2, 0.25) is 5.91 Å². The van der Waals surface area contributed by atoms with Crippen LogP contribution in [0.5, 0.6) is 0 Å². The Morgan fingerprint density at radius 1 is 1.10 bits per heavy atom. The van der Waals surface area contributed by atoms with Crippen molar-refractivity contribution in [3.63, 3.8) is 0 Å². The van der Waals surface area contributed by atoms with Crippen molar-refractivity contribution in [2.24, 2.45) is 5.92 Å². The fourth-order valence-electron chi connectivity index (χ4n) is 4.30. The summed E-state index contributed by atoms with van der Waals surface area (Å²) in [4.78, 5) is 25.2. The normalized spacial score (nSPS) is 14.0. The summed E-state index contributed by atoms with van der Waals surface area (Å²) >= 11 is 0. The number of furan rings is 1. The Labute approximate surface area is 182 Å². The van der Waals surface area contributed by atoms with Gasteiger partial charge in [0.15, 0.2) is 0 Å². The van der Waals surface area contributed by atoms with Crippen LogP contribution >= 0.6 is 0 Å². The molecule has 0 atom stereocenters. The molecular weight excluding hydrogens is 390 g/mol. The van der Waals surface area contributed by atoms with Gasteiger partial charge in [-0.1, -0.05) is 25.0 Å². The second-order valence-corrected chi connectivity index (χ2v) is 8.30. The van der Waals surface area contributed by atoms with Gasteiger partial charge >= 0.3 is 0 Å². The third-order valence-electron chi connectivity index (χ3n) is 6.09. The van der Waals surface area contributed by atoms with E-state index in [1.807, 2.05) is 56.3 Å². The predicted octanol–water partition coefficient (Wildman–Crippen LogP) is 4.80. The Kier molecular flexibility index (Phi) is 6.26. The predicted molar refractivity (Wildman–Crippen MR) is 120 cm³/mol. The minimum absolute atomic E-state index is 0.0997. The van der Waals surface area contributed by atoms with Crippen LogP contribution in [0, 0.1) is 19.8 Å². The fraction of sp³-hybridized carbons (Fsp3) is 0.360. The quantitative estimate of drug-likeness (QED) is 0.577. The van der Waals surface area contributed by atoms with Crippen LogP contribution in [0.1, 0.15) is 58.8 Å². The number of anilines is 1. The van der Waals surface area contributed by atoms with Crippen molar-refractivity contribution in [2.45, 2.75) is 52.6 Å². The van der Waals surface area contributed by atoms with E-state index in [0.717, 1.165) is 54.1 Å². The van der Waals surface area contributed by atoms with Gasteiger partial charge in [-0.2, -0.15) is 0 Å². The van der Waals surface area contributed by atoms with E-state index < -0.39 is 0 Å². The van der Waals surface area contributed by atoms with Crippen molar-refractivity contribution in [3.05, 3.63) is 77.0 Å². The maximum Gasteiger partial charge on any atom is 0.253 e. The molecule has 6 heteroatoms. The number of aryl methyl sites for hydroxylation is 1. The monoisotopic (exact) mass is 419 g/mol. The summed E-state index contributed by atoms with van der Waals surface area (Å²) in [6, 6.07) is 13.4. The third kappa shape index (κ3) is 4.90. The molecule has 2 heterocycles. The molecule has 1 aliphatic carbocycles. The van der Waals surface area contributed by atoms with Gasteiger partial charge in [0.05, 0.1) is 18.4 Å². The van der Waals surface area contributed by atoms with Crippen LogP contribution in [0.3, 0.4) is 0 Å². The maximum absolute atomic E-state index is 12.8. The molecule has 0 bridgehead atoms. The Bertz CT molecular complexity index is 1060. The zero-order valence-electron chi connectivity index (χ0n) is 18.1. The number of aromatic nitrogens is 1. The summed E-state index contributed by atoms with van der Waals surface area (Å²) in [5, 5.41) is 6.02. The average Bonchev–Trinajstić information content (AvgIpc) is 3.52. The highest BCUT2D eigenvalue weighted by Gasteiger charge is 2.22. The van der Waals surface area contributed by atoms with E-state index in [2.05, 4.69) is 15.2 Å². The third-order valence-corrected chi connectivity index (χ3v) is 6.09. The lowest BCUT2D eigenvalue weighted by atomic mass is 10.1. The van der Waals surface area contributed by atoms with Crippen LogP contribution in [0.25, 0.3) is 0 Å². The minimum atomic E-state index is -0.112. The number of nitrogens with zero attached hydrogens (tertiary/aromatic N) is 1. The van der Waals surface area contributed by atoms with Gasteiger partial charge < -0.3 is 19.6 Å². The van der Waals surface area contributed by atoms with Crippen LogP contribution in [0.15, 0.2) is 53.1 Å². The molecule has 4 rings (SSSR count). The Morgan fingerprint density at radius 2 is 1.90 bits per heavy atom. The first-order valence-corrected chi connectivity index (χ1v) is 10.9. The van der Waals surface area contributed by atoms with E-state index in [-0.39, 0.29) is 17.7 Å². The SMILES string of the molecule is Cc1cc(C(=O)NCc2cccc(NC(=O)C3CCCC3)c2)c(C)n1Cc1ccco1. The van der Waals surface area contributed by atoms with Crippen LogP contribution in [0.2, 0.25) is 0 Å². The van der Waals surface area contributed by atoms with Crippen molar-refractivity contribution in [1.29, 1.82) is 0 Å². The van der Waals surface area contributed by atoms with Gasteiger partial charge in [0.25, 0.3) is 5.91 Å². The molecule has 2 N–H and O–H groups in total. The summed E-state index contributed by atoms with van der Waals surface area (Å²) < 4.78 is 7.52. The highest BCUT2D eigenvalue weighted by atomic mass is 16.3. The zero-order valence-corrected chi connectivity index (χ0v) is 18.1. The summed E-state index contributed by atoms with van der Waals surface area (Å²) in [5.41, 5.74) is 4.30. The van der Waals surface area contributed by atoms with Crippen molar-refractivity contribution in [2.75, 3.05) is 5.32 Å². The van der Waals surface area contributed by atoms with Crippen molar-refractivity contribution in [3.8, 4) is 0 Å². The van der Waals surface area contributed by atoms with Gasteiger partial charge in [-0.25, -0.2) is 0 Å². The first-order chi connectivity index (χ1) is 15.0. The molecule has 1 fully saturated rings. The molecular formula is C25H29N3O3. The summed E-state index contributed by atoms with van der Waals surface area (Å²) in [6.45, 7) is 4.93. The molecule has 2 aromatic heterocycles. The lowest BCUT2D eigenvalue weighted by Crippen LogP contribution is -2.24. The van der Waals surface area contributed by atoms with E-state index in [4.69, 9.17) is 4.42 Å². The van der Waals surface area contributed by atoms with Crippen molar-refractivity contribution >= 4 is 17.5 Å². The number of hydrogen-bond acceptors (Lipinski definition) is 3. The van der Waals surface area contributed by atoms with Crippen LogP contribution in [0.4, 0.5) is 5.69 Å². The van der Waals surface area contributed by atoms with E-state index in [1.54, 1.807) is 6.26 Å². The second-order valence-electron chi connectivity index (χ2n) is 8.30. The largest absolute Gasteiger partial charge is 0.467 e. The average molecular weight is 420 g/mol. The van der Waals surface area contributed by atoms with Gasteiger partial charge in [0.1, 0.15) is 5.76 Å². The van der Waals surface area contributed by atoms with Crippen LogP contribution in [-0.4, -0.2) is 16.4 Å². The molecule has 0 saturated heterocycles. The van der Waals surface area contributed by atoms with E-state index in [0.29, 0.717) is 18.7 Å². The van der Waals surface area contributed by atoms with Crippen LogP contribution < -0.4 is 10.6 Å². The smallest absolute Gasteiger partial charge is 0.253 e. The van der Waals surface area contributed by atoms with E-state index >= 15 is 0 Å². The summed E-state index contributed by atoms with van der Waals surface area (Å²) in [5.74, 6) is 0.965. The van der Waals surface area contributed by atoms with Gasteiger partial charge in [0, 0.05) is 29.5 Å². The first-order valence-electron chi connectivity index (χ1n) is 10.9. The molecule has 1 aromatic carbocycles. The van der Waals surface area contributed by atoms with E-state index in [9.17, 15) is 9.59 Å². The fourth-order valence-corrected chi connectivity index (χ4v) is 4.30. The molecule has 0 unspecified atom stereocenters. The zero-order chi connectivity index (χ0) is 21.8. The number of carbonyl (C=O) groups is 2. The Morgan fingerprint density at radius 3 is 2.65 bits per heavy atom. The molecule has 1 aliphatic rings. The number of amides is 2. The molecule has 6 nitrogen and oxygen atoms in total. The molecule has 2 amide bonds. The topological polar surface area (TPSA) is 76.3 Å². The standard InChI is InChI=1S/C25H29N3O3/c1-17-13-23(18(2)28(17)16-22-11-6-12-31-22)25(30)26-15-19-7-5-10-21(14-19)27-24(29)20-8-3-4-9-20/h5-7,10-14,20H,3-4,8-9,15-16H2,1-2H3,(H,26,30)(H,27,29). The Hall–Kier alpha value is -3.28. The van der Waals surface area contributed by atoms with Gasteiger partial charge in [-0.3, -0.25) is 9.59 Å². The lowest BCUT2D eigenvalue weighted by molar-refractivity contribution is -0.119. The number of benzene rings is 1. The number of hydrogen-bond donors (Lipinski definition) is 2. The Balaban J connectivity index is 1.38. The lowest BCUT2D eigenvalue weighted by Gasteiger charge is -2.12. The molecule has 1 saturated carbocycles. The van der Waals surface area contributed by atoms with E-state index in [1.165, 1.54) is 0 Å². The molecule has 0 radical (unpaired) electrons. The molecule has 3 aromatic rings. The van der Waals surface area contributed by atoms with Gasteiger partial charge in [-0.05, 0) is 62.6 Å². The molecule has 0 aliphatic heterocycles. The highest BCUT2D eigenvalue weighted by Crippen LogP contribution is 2.26. The summed E-state index contributed by atoms with van der Waals surface area (Å²) in [6.07, 6.45) is 5.86. The number of rotatable bonds is 7. The maximum atomic E-state index is 12.8.